The van der Waals surface area contributed by atoms with Gasteiger partial charge >= 0.3 is 11.9 Å². The molecule has 1 aromatic rings. The normalized spacial score (nSPS) is 13.9. The van der Waals surface area contributed by atoms with Gasteiger partial charge < -0.3 is 24.8 Å². The van der Waals surface area contributed by atoms with Gasteiger partial charge in [0, 0.05) is 6.54 Å². The molecule has 2 rings (SSSR count). The van der Waals surface area contributed by atoms with Gasteiger partial charge in [0.15, 0.2) is 0 Å². The third kappa shape index (κ3) is 3.77. The number of halogens is 1. The number of amides is 1. The third-order valence-electron chi connectivity index (χ3n) is 3.60. The van der Waals surface area contributed by atoms with Crippen LogP contribution in [0.3, 0.4) is 0 Å². The lowest BCUT2D eigenvalue weighted by molar-refractivity contribution is -0.136. The predicted molar refractivity (Wildman–Crippen MR) is 84.1 cm³/mol. The molecule has 1 aliphatic heterocycles. The molecule has 0 radical (unpaired) electrons. The Bertz CT molecular complexity index is 746. The van der Waals surface area contributed by atoms with Crippen molar-refractivity contribution in [2.75, 3.05) is 39.2 Å². The van der Waals surface area contributed by atoms with Crippen LogP contribution in [0.25, 0.3) is 0 Å². The zero-order valence-electron chi connectivity index (χ0n) is 13.7. The van der Waals surface area contributed by atoms with Crippen LogP contribution < -0.4 is 5.32 Å². The first-order valence-corrected chi connectivity index (χ1v) is 7.29. The summed E-state index contributed by atoms with van der Waals surface area (Å²) >= 11 is 0. The first kappa shape index (κ1) is 18.4. The Morgan fingerprint density at radius 2 is 1.96 bits per heavy atom. The van der Waals surface area contributed by atoms with Crippen molar-refractivity contribution < 1.29 is 33.4 Å². The molecule has 1 aliphatic rings. The maximum Gasteiger partial charge on any atom is 0.339 e. The maximum absolute atomic E-state index is 13.6. The summed E-state index contributed by atoms with van der Waals surface area (Å²) in [6.07, 6.45) is 0. The minimum absolute atomic E-state index is 0.00553. The highest BCUT2D eigenvalue weighted by molar-refractivity contribution is 6.09. The Labute approximate surface area is 142 Å². The molecule has 25 heavy (non-hydrogen) atoms. The van der Waals surface area contributed by atoms with Crippen molar-refractivity contribution in [2.45, 2.75) is 0 Å². The Hall–Kier alpha value is -2.94. The topological polar surface area (TPSA) is 105 Å². The minimum Gasteiger partial charge on any atom is -0.466 e. The highest BCUT2D eigenvalue weighted by atomic mass is 19.1. The van der Waals surface area contributed by atoms with Crippen molar-refractivity contribution in [3.05, 3.63) is 40.8 Å². The van der Waals surface area contributed by atoms with Crippen LogP contribution in [0.5, 0.6) is 0 Å². The Morgan fingerprint density at radius 1 is 1.28 bits per heavy atom. The van der Waals surface area contributed by atoms with Crippen LogP contribution in [-0.4, -0.2) is 61.8 Å². The van der Waals surface area contributed by atoms with Gasteiger partial charge in [-0.15, -0.1) is 0 Å². The van der Waals surface area contributed by atoms with Crippen LogP contribution in [0.1, 0.15) is 10.4 Å². The van der Waals surface area contributed by atoms with Crippen molar-refractivity contribution in [1.82, 2.24) is 4.90 Å². The molecule has 8 nitrogen and oxygen atoms in total. The summed E-state index contributed by atoms with van der Waals surface area (Å²) in [6.45, 7) is -0.352. The Kier molecular flexibility index (Phi) is 5.71. The fourth-order valence-corrected chi connectivity index (χ4v) is 2.39. The highest BCUT2D eigenvalue weighted by Gasteiger charge is 2.35. The lowest BCUT2D eigenvalue weighted by Crippen LogP contribution is -2.31. The summed E-state index contributed by atoms with van der Waals surface area (Å²) in [6, 6.07) is 3.28. The quantitative estimate of drug-likeness (QED) is 0.709. The van der Waals surface area contributed by atoms with Crippen LogP contribution in [0.4, 0.5) is 10.1 Å². The van der Waals surface area contributed by atoms with E-state index >= 15 is 0 Å². The molecule has 0 saturated carbocycles. The van der Waals surface area contributed by atoms with Crippen molar-refractivity contribution in [3.8, 4) is 0 Å². The molecular formula is C16H17FN2O6. The average Bonchev–Trinajstić information content (AvgIpc) is 2.90. The summed E-state index contributed by atoms with van der Waals surface area (Å²) < 4.78 is 22.9. The lowest BCUT2D eigenvalue weighted by atomic mass is 10.1. The van der Waals surface area contributed by atoms with Crippen molar-refractivity contribution >= 4 is 23.5 Å². The molecule has 0 aromatic heterocycles. The fraction of sp³-hybridized carbons (Fsp3) is 0.312. The van der Waals surface area contributed by atoms with Gasteiger partial charge in [-0.05, 0) is 18.2 Å². The second-order valence-electron chi connectivity index (χ2n) is 5.10. The van der Waals surface area contributed by atoms with Gasteiger partial charge in [-0.2, -0.15) is 0 Å². The number of aliphatic hydroxyl groups excluding tert-OH is 1. The first-order valence-electron chi connectivity index (χ1n) is 7.29. The number of carbonyl (C=O) groups is 3. The van der Waals surface area contributed by atoms with E-state index < -0.39 is 23.7 Å². The zero-order chi connectivity index (χ0) is 18.6. The van der Waals surface area contributed by atoms with Gasteiger partial charge in [0.25, 0.3) is 5.91 Å². The zero-order valence-corrected chi connectivity index (χ0v) is 13.7. The molecule has 1 heterocycles. The summed E-state index contributed by atoms with van der Waals surface area (Å²) in [5.74, 6) is -2.70. The lowest BCUT2D eigenvalue weighted by Gasteiger charge is -2.15. The van der Waals surface area contributed by atoms with Gasteiger partial charge in [0.1, 0.15) is 11.5 Å². The van der Waals surface area contributed by atoms with Gasteiger partial charge in [-0.25, -0.2) is 14.0 Å². The summed E-state index contributed by atoms with van der Waals surface area (Å²) in [5.41, 5.74) is -0.159. The van der Waals surface area contributed by atoms with Crippen LogP contribution in [0.15, 0.2) is 29.5 Å². The van der Waals surface area contributed by atoms with E-state index in [1.165, 1.54) is 18.1 Å². The molecule has 0 unspecified atom stereocenters. The standard InChI is InChI=1S/C16H17FN2O6/c1-24-15(22)10-4-3-9(17)7-12(10)18-13-11(16(23)25-2)8-19(5-6-20)14(13)21/h3-4,7,18,20H,5-6,8H2,1-2H3. The number of aliphatic hydroxyl groups is 1. The summed E-state index contributed by atoms with van der Waals surface area (Å²) in [5, 5.41) is 11.7. The second-order valence-corrected chi connectivity index (χ2v) is 5.10. The number of benzene rings is 1. The number of esters is 2. The molecule has 0 fully saturated rings. The predicted octanol–water partition coefficient (Wildman–Crippen LogP) is 0.286. The van der Waals surface area contributed by atoms with E-state index in [2.05, 4.69) is 14.8 Å². The summed E-state index contributed by atoms with van der Waals surface area (Å²) in [4.78, 5) is 37.4. The van der Waals surface area contributed by atoms with Gasteiger partial charge in [0.05, 0.1) is 44.2 Å². The van der Waals surface area contributed by atoms with Gasteiger partial charge in [-0.3, -0.25) is 4.79 Å². The number of nitrogens with one attached hydrogen (secondary N) is 1. The molecule has 0 bridgehead atoms. The van der Waals surface area contributed by atoms with E-state index in [9.17, 15) is 18.8 Å². The average molecular weight is 352 g/mol. The number of hydrogen-bond acceptors (Lipinski definition) is 7. The van der Waals surface area contributed by atoms with E-state index in [1.54, 1.807) is 0 Å². The molecule has 0 atom stereocenters. The third-order valence-corrected chi connectivity index (χ3v) is 3.60. The van der Waals surface area contributed by atoms with E-state index in [-0.39, 0.29) is 42.2 Å². The number of rotatable bonds is 6. The van der Waals surface area contributed by atoms with E-state index in [1.807, 2.05) is 0 Å². The van der Waals surface area contributed by atoms with Crippen molar-refractivity contribution in [2.24, 2.45) is 0 Å². The molecule has 0 aliphatic carbocycles. The molecule has 134 valence electrons. The summed E-state index contributed by atoms with van der Waals surface area (Å²) in [7, 11) is 2.33. The van der Waals surface area contributed by atoms with E-state index in [0.29, 0.717) is 0 Å². The second kappa shape index (κ2) is 7.75. The van der Waals surface area contributed by atoms with E-state index in [0.717, 1.165) is 19.2 Å². The Morgan fingerprint density at radius 3 is 2.56 bits per heavy atom. The number of nitrogens with zero attached hydrogens (tertiary/aromatic N) is 1. The van der Waals surface area contributed by atoms with E-state index in [4.69, 9.17) is 5.11 Å². The van der Waals surface area contributed by atoms with Crippen molar-refractivity contribution in [1.29, 1.82) is 0 Å². The largest absolute Gasteiger partial charge is 0.466 e. The molecule has 9 heteroatoms. The van der Waals surface area contributed by atoms with Crippen LogP contribution in [0.2, 0.25) is 0 Å². The molecule has 0 saturated heterocycles. The van der Waals surface area contributed by atoms with Crippen LogP contribution in [0, 0.1) is 5.82 Å². The SMILES string of the molecule is COC(=O)C1=C(Nc2cc(F)ccc2C(=O)OC)C(=O)N(CCO)C1. The van der Waals surface area contributed by atoms with Gasteiger partial charge in [-0.1, -0.05) is 0 Å². The maximum atomic E-state index is 13.6. The van der Waals surface area contributed by atoms with Crippen LogP contribution >= 0.6 is 0 Å². The number of β-amino-alcohol motifs (C(OH)–C–C–N with tert-alkyl or cyclic N) is 1. The number of anilines is 1. The molecule has 2 N–H and O–H groups in total. The highest BCUT2D eigenvalue weighted by Crippen LogP contribution is 2.26. The first-order chi connectivity index (χ1) is 11.9. The monoisotopic (exact) mass is 352 g/mol. The number of hydrogen-bond donors (Lipinski definition) is 2. The number of carbonyl (C=O) groups excluding carboxylic acids is 3. The smallest absolute Gasteiger partial charge is 0.339 e. The molecule has 1 aromatic carbocycles. The molecular weight excluding hydrogens is 335 g/mol. The van der Waals surface area contributed by atoms with Gasteiger partial charge in [0.2, 0.25) is 0 Å². The number of methoxy groups -OCH3 is 2. The minimum atomic E-state index is -0.743. The van der Waals surface area contributed by atoms with Crippen molar-refractivity contribution in [3.63, 3.8) is 0 Å². The molecule has 0 spiro atoms. The number of ether oxygens (including phenoxy) is 2. The fourth-order valence-electron chi connectivity index (χ4n) is 2.39. The van der Waals surface area contributed by atoms with Crippen LogP contribution in [-0.2, 0) is 19.1 Å². The molecule has 1 amide bonds. The Balaban J connectivity index is 2.45.